The second kappa shape index (κ2) is 5.10. The number of aromatic nitrogens is 1. The van der Waals surface area contributed by atoms with Crippen LogP contribution in [-0.2, 0) is 12.8 Å². The highest BCUT2D eigenvalue weighted by molar-refractivity contribution is 5.61. The van der Waals surface area contributed by atoms with Crippen LogP contribution in [0.15, 0.2) is 28.7 Å². The van der Waals surface area contributed by atoms with Gasteiger partial charge < -0.3 is 10.2 Å². The van der Waals surface area contributed by atoms with Crippen molar-refractivity contribution in [3.63, 3.8) is 0 Å². The van der Waals surface area contributed by atoms with E-state index in [2.05, 4.69) is 4.98 Å². The van der Waals surface area contributed by atoms with E-state index >= 15 is 0 Å². The van der Waals surface area contributed by atoms with E-state index < -0.39 is 0 Å². The number of hydrogen-bond donors (Lipinski definition) is 1. The van der Waals surface area contributed by atoms with Crippen molar-refractivity contribution in [3.05, 3.63) is 41.7 Å². The Bertz CT molecular complexity index is 491. The molecule has 0 saturated heterocycles. The summed E-state index contributed by atoms with van der Waals surface area (Å²) in [6, 6.07) is 6.26. The molecule has 0 unspecified atom stereocenters. The topological polar surface area (TPSA) is 52.0 Å². The van der Waals surface area contributed by atoms with Crippen molar-refractivity contribution in [3.8, 4) is 11.3 Å². The highest BCUT2D eigenvalue weighted by Crippen LogP contribution is 2.24. The summed E-state index contributed by atoms with van der Waals surface area (Å²) in [6.45, 7) is 2.51. The van der Waals surface area contributed by atoms with Crippen LogP contribution in [0.4, 0.5) is 4.39 Å². The quantitative estimate of drug-likeness (QED) is 0.884. The fourth-order valence-electron chi connectivity index (χ4n) is 1.70. The van der Waals surface area contributed by atoms with Crippen LogP contribution in [0.3, 0.4) is 0 Å². The molecule has 2 aromatic rings. The predicted molar refractivity (Wildman–Crippen MR) is 64.0 cm³/mol. The van der Waals surface area contributed by atoms with E-state index in [4.69, 9.17) is 10.2 Å². The molecule has 0 aliphatic heterocycles. The van der Waals surface area contributed by atoms with Crippen LogP contribution in [0.1, 0.15) is 18.6 Å². The monoisotopic (exact) mass is 234 g/mol. The van der Waals surface area contributed by atoms with Crippen molar-refractivity contribution in [1.82, 2.24) is 4.98 Å². The second-order valence-corrected chi connectivity index (χ2v) is 3.78. The largest absolute Gasteiger partial charge is 0.445 e. The number of rotatable bonds is 4. The molecule has 0 atom stereocenters. The molecule has 0 fully saturated rings. The Labute approximate surface area is 99.5 Å². The minimum Gasteiger partial charge on any atom is -0.445 e. The summed E-state index contributed by atoms with van der Waals surface area (Å²) in [5, 5.41) is 0. The van der Waals surface area contributed by atoms with Gasteiger partial charge in [0.1, 0.15) is 17.3 Å². The standard InChI is InChI=1S/C13H15FN2O/c1-2-11-13(16-12(17-11)7-8-15)9-3-5-10(14)6-4-9/h3-6H,2,7-8,15H2,1H3. The molecule has 17 heavy (non-hydrogen) atoms. The Kier molecular flexibility index (Phi) is 3.54. The van der Waals surface area contributed by atoms with Crippen LogP contribution >= 0.6 is 0 Å². The Morgan fingerprint density at radius 1 is 1.29 bits per heavy atom. The Balaban J connectivity index is 2.39. The third kappa shape index (κ3) is 2.53. The van der Waals surface area contributed by atoms with Gasteiger partial charge in [0, 0.05) is 24.9 Å². The number of benzene rings is 1. The maximum absolute atomic E-state index is 12.9. The number of halogens is 1. The van der Waals surface area contributed by atoms with Gasteiger partial charge in [0.2, 0.25) is 0 Å². The van der Waals surface area contributed by atoms with Gasteiger partial charge in [-0.2, -0.15) is 0 Å². The fraction of sp³-hybridized carbons (Fsp3) is 0.308. The van der Waals surface area contributed by atoms with E-state index in [-0.39, 0.29) is 5.82 Å². The number of oxazole rings is 1. The summed E-state index contributed by atoms with van der Waals surface area (Å²) in [4.78, 5) is 4.40. The molecule has 2 rings (SSSR count). The summed E-state index contributed by atoms with van der Waals surface area (Å²) in [5.41, 5.74) is 7.13. The van der Waals surface area contributed by atoms with Gasteiger partial charge in [-0.1, -0.05) is 6.92 Å². The van der Waals surface area contributed by atoms with Crippen molar-refractivity contribution in [2.45, 2.75) is 19.8 Å². The smallest absolute Gasteiger partial charge is 0.196 e. The predicted octanol–water partition coefficient (Wildman–Crippen LogP) is 2.54. The van der Waals surface area contributed by atoms with Gasteiger partial charge in [0.15, 0.2) is 5.89 Å². The summed E-state index contributed by atoms with van der Waals surface area (Å²) in [6.07, 6.45) is 1.37. The molecule has 0 bridgehead atoms. The lowest BCUT2D eigenvalue weighted by molar-refractivity contribution is 0.460. The summed E-state index contributed by atoms with van der Waals surface area (Å²) in [7, 11) is 0. The zero-order chi connectivity index (χ0) is 12.3. The molecule has 1 heterocycles. The molecule has 1 aromatic carbocycles. The lowest BCUT2D eigenvalue weighted by atomic mass is 10.1. The summed E-state index contributed by atoms with van der Waals surface area (Å²) >= 11 is 0. The van der Waals surface area contributed by atoms with Crippen LogP contribution in [0.25, 0.3) is 11.3 Å². The van der Waals surface area contributed by atoms with E-state index in [1.807, 2.05) is 6.92 Å². The number of hydrogen-bond acceptors (Lipinski definition) is 3. The normalized spacial score (nSPS) is 10.8. The maximum atomic E-state index is 12.9. The Morgan fingerprint density at radius 2 is 2.00 bits per heavy atom. The van der Waals surface area contributed by atoms with Crippen LogP contribution in [-0.4, -0.2) is 11.5 Å². The Morgan fingerprint density at radius 3 is 2.59 bits per heavy atom. The molecule has 4 heteroatoms. The molecule has 3 nitrogen and oxygen atoms in total. The van der Waals surface area contributed by atoms with Crippen molar-refractivity contribution >= 4 is 0 Å². The van der Waals surface area contributed by atoms with Crippen LogP contribution in [0.2, 0.25) is 0 Å². The summed E-state index contributed by atoms with van der Waals surface area (Å²) < 4.78 is 18.5. The maximum Gasteiger partial charge on any atom is 0.196 e. The zero-order valence-corrected chi connectivity index (χ0v) is 9.74. The molecular formula is C13H15FN2O. The van der Waals surface area contributed by atoms with Crippen molar-refractivity contribution in [2.24, 2.45) is 5.73 Å². The van der Waals surface area contributed by atoms with Gasteiger partial charge in [0.25, 0.3) is 0 Å². The average molecular weight is 234 g/mol. The van der Waals surface area contributed by atoms with Gasteiger partial charge >= 0.3 is 0 Å². The van der Waals surface area contributed by atoms with Gasteiger partial charge in [-0.3, -0.25) is 0 Å². The van der Waals surface area contributed by atoms with E-state index in [0.717, 1.165) is 23.4 Å². The molecule has 0 saturated carbocycles. The minimum atomic E-state index is -0.252. The molecular weight excluding hydrogens is 219 g/mol. The molecule has 0 aliphatic carbocycles. The van der Waals surface area contributed by atoms with Gasteiger partial charge in [-0.25, -0.2) is 9.37 Å². The third-order valence-corrected chi connectivity index (χ3v) is 2.54. The molecule has 0 aliphatic rings. The van der Waals surface area contributed by atoms with Crippen LogP contribution in [0.5, 0.6) is 0 Å². The summed E-state index contributed by atoms with van der Waals surface area (Å²) in [5.74, 6) is 1.21. The van der Waals surface area contributed by atoms with Gasteiger partial charge in [-0.15, -0.1) is 0 Å². The molecule has 1 aromatic heterocycles. The van der Waals surface area contributed by atoms with E-state index in [9.17, 15) is 4.39 Å². The van der Waals surface area contributed by atoms with Gasteiger partial charge in [-0.05, 0) is 24.3 Å². The fourth-order valence-corrected chi connectivity index (χ4v) is 1.70. The van der Waals surface area contributed by atoms with E-state index in [1.165, 1.54) is 12.1 Å². The van der Waals surface area contributed by atoms with Crippen molar-refractivity contribution in [1.29, 1.82) is 0 Å². The Hall–Kier alpha value is -1.68. The van der Waals surface area contributed by atoms with Gasteiger partial charge in [0.05, 0.1) is 0 Å². The van der Waals surface area contributed by atoms with E-state index in [1.54, 1.807) is 12.1 Å². The second-order valence-electron chi connectivity index (χ2n) is 3.78. The lowest BCUT2D eigenvalue weighted by Gasteiger charge is -1.98. The van der Waals surface area contributed by atoms with Crippen molar-refractivity contribution in [2.75, 3.05) is 6.54 Å². The van der Waals surface area contributed by atoms with E-state index in [0.29, 0.717) is 18.9 Å². The number of nitrogens with zero attached hydrogens (tertiary/aromatic N) is 1. The number of nitrogens with two attached hydrogens (primary N) is 1. The first kappa shape index (κ1) is 11.8. The molecule has 0 spiro atoms. The molecule has 2 N–H and O–H groups in total. The molecule has 0 amide bonds. The third-order valence-electron chi connectivity index (χ3n) is 2.54. The lowest BCUT2D eigenvalue weighted by Crippen LogP contribution is -2.02. The molecule has 90 valence electrons. The first-order valence-corrected chi connectivity index (χ1v) is 5.69. The number of aryl methyl sites for hydroxylation is 1. The minimum absolute atomic E-state index is 0.252. The SMILES string of the molecule is CCc1oc(CCN)nc1-c1ccc(F)cc1. The highest BCUT2D eigenvalue weighted by atomic mass is 19.1. The highest BCUT2D eigenvalue weighted by Gasteiger charge is 2.13. The van der Waals surface area contributed by atoms with Crippen molar-refractivity contribution < 1.29 is 8.81 Å². The first-order chi connectivity index (χ1) is 8.24. The average Bonchev–Trinajstić information content (AvgIpc) is 2.74. The first-order valence-electron chi connectivity index (χ1n) is 5.69. The molecule has 0 radical (unpaired) electrons. The zero-order valence-electron chi connectivity index (χ0n) is 9.74. The van der Waals surface area contributed by atoms with Crippen LogP contribution in [0, 0.1) is 5.82 Å². The van der Waals surface area contributed by atoms with Crippen LogP contribution < -0.4 is 5.73 Å².